The van der Waals surface area contributed by atoms with Gasteiger partial charge in [-0.2, -0.15) is 11.8 Å². The molecule has 0 saturated heterocycles. The minimum Gasteiger partial charge on any atom is -0.480 e. The van der Waals surface area contributed by atoms with Gasteiger partial charge in [0, 0.05) is 31.9 Å². The molecule has 0 aromatic rings. The zero-order chi connectivity index (χ0) is 14.8. The van der Waals surface area contributed by atoms with Crippen LogP contribution in [0.4, 0.5) is 4.79 Å². The second-order valence-corrected chi connectivity index (χ2v) is 4.69. The summed E-state index contributed by atoms with van der Waals surface area (Å²) in [7, 11) is 1.39. The monoisotopic (exact) mass is 291 g/mol. The predicted molar refractivity (Wildman–Crippen MR) is 69.8 cm³/mol. The van der Waals surface area contributed by atoms with Crippen LogP contribution in [0.25, 0.3) is 0 Å². The van der Waals surface area contributed by atoms with Gasteiger partial charge in [0.25, 0.3) is 0 Å². The van der Waals surface area contributed by atoms with Crippen LogP contribution in [0.1, 0.15) is 13.3 Å². The molecule has 0 aliphatic carbocycles. The Bertz CT molecular complexity index is 361. The molecule has 0 bridgehead atoms. The summed E-state index contributed by atoms with van der Waals surface area (Å²) in [5, 5.41) is 15.4. The molecule has 0 aliphatic rings. The van der Waals surface area contributed by atoms with Crippen molar-refractivity contribution in [2.75, 3.05) is 18.6 Å². The van der Waals surface area contributed by atoms with Gasteiger partial charge in [0.1, 0.15) is 6.04 Å². The zero-order valence-corrected chi connectivity index (χ0v) is 11.5. The zero-order valence-electron chi connectivity index (χ0n) is 10.7. The fraction of sp³-hybridized carbons (Fsp3) is 0.600. The number of hydrogen-bond acceptors (Lipinski definition) is 5. The maximum atomic E-state index is 11.2. The number of nitrogens with one attached hydrogen (secondary N) is 3. The van der Waals surface area contributed by atoms with Gasteiger partial charge in [0.15, 0.2) is 0 Å². The predicted octanol–water partition coefficient (Wildman–Crippen LogP) is -0.845. The topological polar surface area (TPSA) is 125 Å². The molecule has 0 saturated carbocycles. The van der Waals surface area contributed by atoms with E-state index in [1.165, 1.54) is 25.7 Å². The van der Waals surface area contributed by atoms with E-state index in [-0.39, 0.29) is 12.2 Å². The molecule has 1 unspecified atom stereocenters. The van der Waals surface area contributed by atoms with Crippen LogP contribution in [-0.4, -0.2) is 53.5 Å². The molecule has 0 spiro atoms. The quantitative estimate of drug-likeness (QED) is 0.453. The molecule has 0 aromatic carbocycles. The number of carbonyl (C=O) groups is 4. The molecule has 0 heterocycles. The lowest BCUT2D eigenvalue weighted by molar-refractivity contribution is -0.140. The number of thioether (sulfide) groups is 1. The summed E-state index contributed by atoms with van der Waals surface area (Å²) in [5.41, 5.74) is 0. The minimum absolute atomic E-state index is 0.0878. The molecule has 4 N–H and O–H groups in total. The number of urea groups is 1. The Morgan fingerprint density at radius 1 is 1.26 bits per heavy atom. The van der Waals surface area contributed by atoms with Gasteiger partial charge in [0.05, 0.1) is 0 Å². The van der Waals surface area contributed by atoms with Gasteiger partial charge >= 0.3 is 12.0 Å². The Morgan fingerprint density at radius 3 is 2.37 bits per heavy atom. The first kappa shape index (κ1) is 17.2. The molecule has 108 valence electrons. The third-order valence-electron chi connectivity index (χ3n) is 1.91. The number of amides is 4. The first-order chi connectivity index (χ1) is 8.86. The standard InChI is InChI=1S/C10H17N3O5S/c1-6(14)12-7(9(16)17)5-19-4-3-8(15)13-10(18)11-2/h7H,3-5H2,1-2H3,(H,12,14)(H,16,17)(H2,11,13,15,18). The lowest BCUT2D eigenvalue weighted by Crippen LogP contribution is -2.41. The summed E-state index contributed by atoms with van der Waals surface area (Å²) in [5.74, 6) is -1.49. The largest absolute Gasteiger partial charge is 0.480 e. The van der Waals surface area contributed by atoms with E-state index in [2.05, 4.69) is 16.0 Å². The van der Waals surface area contributed by atoms with Gasteiger partial charge in [-0.25, -0.2) is 9.59 Å². The normalized spacial score (nSPS) is 11.3. The maximum Gasteiger partial charge on any atom is 0.327 e. The van der Waals surface area contributed by atoms with E-state index in [1.54, 1.807) is 0 Å². The molecule has 4 amide bonds. The van der Waals surface area contributed by atoms with E-state index in [0.717, 1.165) is 0 Å². The van der Waals surface area contributed by atoms with Crippen LogP contribution in [0.15, 0.2) is 0 Å². The van der Waals surface area contributed by atoms with Gasteiger partial charge < -0.3 is 15.7 Å². The van der Waals surface area contributed by atoms with Crippen molar-refractivity contribution >= 4 is 35.6 Å². The third-order valence-corrected chi connectivity index (χ3v) is 2.98. The lowest BCUT2D eigenvalue weighted by Gasteiger charge is -2.12. The molecule has 9 heteroatoms. The number of carboxylic acids is 1. The van der Waals surface area contributed by atoms with E-state index in [1.807, 2.05) is 0 Å². The first-order valence-corrected chi connectivity index (χ1v) is 6.61. The highest BCUT2D eigenvalue weighted by atomic mass is 32.2. The van der Waals surface area contributed by atoms with E-state index >= 15 is 0 Å². The third kappa shape index (κ3) is 8.89. The molecule has 1 atom stereocenters. The van der Waals surface area contributed by atoms with Crippen LogP contribution in [0.5, 0.6) is 0 Å². The van der Waals surface area contributed by atoms with Crippen molar-refractivity contribution in [1.29, 1.82) is 0 Å². The van der Waals surface area contributed by atoms with Gasteiger partial charge in [0.2, 0.25) is 11.8 Å². The second kappa shape index (κ2) is 9.20. The molecule has 19 heavy (non-hydrogen) atoms. The summed E-state index contributed by atoms with van der Waals surface area (Å²) in [4.78, 5) is 43.5. The van der Waals surface area contributed by atoms with Crippen LogP contribution >= 0.6 is 11.8 Å². The number of carbonyl (C=O) groups excluding carboxylic acids is 3. The smallest absolute Gasteiger partial charge is 0.327 e. The van der Waals surface area contributed by atoms with Crippen molar-refractivity contribution < 1.29 is 24.3 Å². The Balaban J connectivity index is 3.88. The molecule has 0 radical (unpaired) electrons. The van der Waals surface area contributed by atoms with E-state index < -0.39 is 29.9 Å². The Kier molecular flexibility index (Phi) is 8.34. The van der Waals surface area contributed by atoms with E-state index in [9.17, 15) is 19.2 Å². The molecule has 0 fully saturated rings. The molecule has 0 rings (SSSR count). The molecule has 8 nitrogen and oxygen atoms in total. The average Bonchev–Trinajstić information content (AvgIpc) is 2.32. The first-order valence-electron chi connectivity index (χ1n) is 5.46. The van der Waals surface area contributed by atoms with Gasteiger partial charge in [-0.15, -0.1) is 0 Å². The van der Waals surface area contributed by atoms with E-state index in [4.69, 9.17) is 5.11 Å². The maximum absolute atomic E-state index is 11.2. The second-order valence-electron chi connectivity index (χ2n) is 3.54. The summed E-state index contributed by atoms with van der Waals surface area (Å²) < 4.78 is 0. The van der Waals surface area contributed by atoms with Gasteiger partial charge in [-0.3, -0.25) is 14.9 Å². The van der Waals surface area contributed by atoms with Gasteiger partial charge in [-0.05, 0) is 0 Å². The number of hydrogen-bond donors (Lipinski definition) is 4. The number of aliphatic carboxylic acids is 1. The molecule has 0 aromatic heterocycles. The van der Waals surface area contributed by atoms with Crippen molar-refractivity contribution in [2.24, 2.45) is 0 Å². The fourth-order valence-corrected chi connectivity index (χ4v) is 2.00. The Hall–Kier alpha value is -1.77. The fourth-order valence-electron chi connectivity index (χ4n) is 1.04. The highest BCUT2D eigenvalue weighted by Gasteiger charge is 2.18. The van der Waals surface area contributed by atoms with Crippen LogP contribution in [0.3, 0.4) is 0 Å². The van der Waals surface area contributed by atoms with Crippen molar-refractivity contribution in [1.82, 2.24) is 16.0 Å². The number of carboxylic acid groups (broad SMARTS) is 1. The van der Waals surface area contributed by atoms with Crippen LogP contribution in [-0.2, 0) is 14.4 Å². The highest BCUT2D eigenvalue weighted by Crippen LogP contribution is 2.05. The lowest BCUT2D eigenvalue weighted by atomic mass is 10.3. The SMILES string of the molecule is CNC(=O)NC(=O)CCSCC(NC(C)=O)C(=O)O. The molecular weight excluding hydrogens is 274 g/mol. The van der Waals surface area contributed by atoms with Crippen LogP contribution in [0, 0.1) is 0 Å². The van der Waals surface area contributed by atoms with Crippen molar-refractivity contribution in [3.63, 3.8) is 0 Å². The Labute approximate surface area is 114 Å². The van der Waals surface area contributed by atoms with Crippen molar-refractivity contribution in [2.45, 2.75) is 19.4 Å². The minimum atomic E-state index is -1.13. The molecular formula is C10H17N3O5S. The van der Waals surface area contributed by atoms with Crippen LogP contribution in [0.2, 0.25) is 0 Å². The number of rotatable bonds is 7. The average molecular weight is 291 g/mol. The van der Waals surface area contributed by atoms with E-state index in [0.29, 0.717) is 5.75 Å². The Morgan fingerprint density at radius 2 is 1.89 bits per heavy atom. The van der Waals surface area contributed by atoms with Gasteiger partial charge in [-0.1, -0.05) is 0 Å². The summed E-state index contributed by atoms with van der Waals surface area (Å²) in [6.07, 6.45) is 0.0878. The summed E-state index contributed by atoms with van der Waals surface area (Å²) in [6.45, 7) is 1.23. The van der Waals surface area contributed by atoms with Crippen molar-refractivity contribution in [3.8, 4) is 0 Å². The molecule has 0 aliphatic heterocycles. The highest BCUT2D eigenvalue weighted by molar-refractivity contribution is 7.99. The van der Waals surface area contributed by atoms with Crippen molar-refractivity contribution in [3.05, 3.63) is 0 Å². The number of imide groups is 1. The summed E-state index contributed by atoms with van der Waals surface area (Å²) in [6, 6.07) is -1.57. The van der Waals surface area contributed by atoms with Crippen LogP contribution < -0.4 is 16.0 Å². The summed E-state index contributed by atoms with van der Waals surface area (Å²) >= 11 is 1.21.